The number of halogens is 1. The van der Waals surface area contributed by atoms with Gasteiger partial charge in [-0.05, 0) is 47.4 Å². The quantitative estimate of drug-likeness (QED) is 0.929. The number of aromatic nitrogens is 2. The maximum atomic E-state index is 5.95. The Morgan fingerprint density at radius 3 is 3.00 bits per heavy atom. The van der Waals surface area contributed by atoms with Crippen molar-refractivity contribution in [2.45, 2.75) is 25.4 Å². The normalized spacial score (nSPS) is 20.8. The number of rotatable bonds is 3. The highest BCUT2D eigenvalue weighted by Gasteiger charge is 2.19. The van der Waals surface area contributed by atoms with E-state index in [2.05, 4.69) is 31.0 Å². The van der Waals surface area contributed by atoms with Gasteiger partial charge in [-0.2, -0.15) is 0 Å². The molecule has 0 saturated carbocycles. The Morgan fingerprint density at radius 1 is 1.37 bits per heavy atom. The van der Waals surface area contributed by atoms with E-state index in [0.29, 0.717) is 28.8 Å². The van der Waals surface area contributed by atoms with Crippen molar-refractivity contribution in [1.82, 2.24) is 15.1 Å². The third kappa shape index (κ3) is 3.05. The van der Waals surface area contributed by atoms with E-state index in [-0.39, 0.29) is 6.04 Å². The van der Waals surface area contributed by atoms with Crippen LogP contribution in [0.3, 0.4) is 0 Å². The molecular weight excluding hydrogens is 312 g/mol. The maximum Gasteiger partial charge on any atom is 0.283 e. The lowest BCUT2D eigenvalue weighted by atomic mass is 10.1. The van der Waals surface area contributed by atoms with Gasteiger partial charge in [0.15, 0.2) is 10.4 Å². The van der Waals surface area contributed by atoms with Gasteiger partial charge in [0.2, 0.25) is 5.89 Å². The summed E-state index contributed by atoms with van der Waals surface area (Å²) in [5.41, 5.74) is 5.95. The van der Waals surface area contributed by atoms with Gasteiger partial charge in [-0.3, -0.25) is 4.90 Å². The van der Waals surface area contributed by atoms with Crippen LogP contribution in [0.25, 0.3) is 11.7 Å². The molecule has 0 radical (unpaired) electrons. The zero-order valence-corrected chi connectivity index (χ0v) is 12.0. The van der Waals surface area contributed by atoms with E-state index in [0.717, 1.165) is 25.9 Å². The van der Waals surface area contributed by atoms with Gasteiger partial charge in [0.1, 0.15) is 0 Å². The van der Waals surface area contributed by atoms with E-state index in [1.54, 1.807) is 12.1 Å². The smallest absolute Gasteiger partial charge is 0.283 e. The number of piperidine rings is 1. The number of nitrogens with two attached hydrogens (primary N) is 1. The summed E-state index contributed by atoms with van der Waals surface area (Å²) < 4.78 is 11.6. The van der Waals surface area contributed by atoms with Crippen molar-refractivity contribution < 1.29 is 8.83 Å². The fraction of sp³-hybridized carbons (Fsp3) is 0.500. The summed E-state index contributed by atoms with van der Waals surface area (Å²) in [5.74, 6) is 1.57. The molecule has 1 aliphatic heterocycles. The first-order valence-electron chi connectivity index (χ1n) is 6.27. The van der Waals surface area contributed by atoms with Gasteiger partial charge in [0.25, 0.3) is 5.89 Å². The number of furan rings is 1. The molecule has 3 heterocycles. The maximum absolute atomic E-state index is 5.95. The van der Waals surface area contributed by atoms with E-state index >= 15 is 0 Å². The molecule has 2 N–H and O–H groups in total. The van der Waals surface area contributed by atoms with E-state index in [1.807, 2.05) is 0 Å². The van der Waals surface area contributed by atoms with Crippen LogP contribution >= 0.6 is 15.9 Å². The lowest BCUT2D eigenvalue weighted by Crippen LogP contribution is -2.42. The summed E-state index contributed by atoms with van der Waals surface area (Å²) >= 11 is 3.24. The first kappa shape index (κ1) is 12.8. The van der Waals surface area contributed by atoms with Gasteiger partial charge in [-0.25, -0.2) is 0 Å². The SMILES string of the molecule is NC1CCCN(Cc2nnc(-c3ccc(Br)o3)o2)C1. The zero-order valence-electron chi connectivity index (χ0n) is 10.4. The molecule has 2 aromatic heterocycles. The zero-order chi connectivity index (χ0) is 13.2. The fourth-order valence-electron chi connectivity index (χ4n) is 2.27. The van der Waals surface area contributed by atoms with Gasteiger partial charge in [0, 0.05) is 12.6 Å². The largest absolute Gasteiger partial charge is 0.444 e. The highest BCUT2D eigenvalue weighted by molar-refractivity contribution is 9.10. The first-order valence-corrected chi connectivity index (χ1v) is 7.06. The third-order valence-electron chi connectivity index (χ3n) is 3.15. The Labute approximate surface area is 119 Å². The molecule has 0 amide bonds. The van der Waals surface area contributed by atoms with E-state index in [9.17, 15) is 0 Å². The highest BCUT2D eigenvalue weighted by Crippen LogP contribution is 2.24. The third-order valence-corrected chi connectivity index (χ3v) is 3.58. The highest BCUT2D eigenvalue weighted by atomic mass is 79.9. The van der Waals surface area contributed by atoms with Crippen molar-refractivity contribution >= 4 is 15.9 Å². The van der Waals surface area contributed by atoms with Crippen molar-refractivity contribution in [3.63, 3.8) is 0 Å². The first-order chi connectivity index (χ1) is 9.20. The van der Waals surface area contributed by atoms with Crippen molar-refractivity contribution in [2.24, 2.45) is 5.73 Å². The Balaban J connectivity index is 1.68. The van der Waals surface area contributed by atoms with Crippen LogP contribution < -0.4 is 5.73 Å². The van der Waals surface area contributed by atoms with Crippen LogP contribution in [0, 0.1) is 0 Å². The van der Waals surface area contributed by atoms with Crippen LogP contribution in [0.1, 0.15) is 18.7 Å². The molecule has 1 fully saturated rings. The number of nitrogens with zero attached hydrogens (tertiary/aromatic N) is 3. The lowest BCUT2D eigenvalue weighted by molar-refractivity contribution is 0.185. The second-order valence-corrected chi connectivity index (χ2v) is 5.52. The predicted molar refractivity (Wildman–Crippen MR) is 72.2 cm³/mol. The summed E-state index contributed by atoms with van der Waals surface area (Å²) in [6.07, 6.45) is 2.21. The molecule has 0 aliphatic carbocycles. The van der Waals surface area contributed by atoms with Crippen molar-refractivity contribution in [1.29, 1.82) is 0 Å². The summed E-state index contributed by atoms with van der Waals surface area (Å²) in [6.45, 7) is 2.55. The van der Waals surface area contributed by atoms with Crippen LogP contribution in [0.15, 0.2) is 25.6 Å². The minimum Gasteiger partial charge on any atom is -0.444 e. The van der Waals surface area contributed by atoms with Crippen LogP contribution in [0.5, 0.6) is 0 Å². The molecule has 0 bridgehead atoms. The monoisotopic (exact) mass is 326 g/mol. The molecule has 1 atom stereocenters. The molecule has 3 rings (SSSR count). The molecule has 7 heteroatoms. The Hall–Kier alpha value is -1.18. The molecule has 19 heavy (non-hydrogen) atoms. The standard InChI is InChI=1S/C12H15BrN4O2/c13-10-4-3-9(18-10)12-16-15-11(19-12)7-17-5-1-2-8(14)6-17/h3-4,8H,1-2,5-7,14H2. The molecule has 1 aliphatic rings. The minimum absolute atomic E-state index is 0.247. The summed E-state index contributed by atoms with van der Waals surface area (Å²) in [5, 5.41) is 8.04. The van der Waals surface area contributed by atoms with Crippen LogP contribution in [0.2, 0.25) is 0 Å². The molecule has 102 valence electrons. The molecular formula is C12H15BrN4O2. The number of hydrogen-bond donors (Lipinski definition) is 1. The van der Waals surface area contributed by atoms with Gasteiger partial charge in [-0.15, -0.1) is 10.2 Å². The summed E-state index contributed by atoms with van der Waals surface area (Å²) in [7, 11) is 0. The lowest BCUT2D eigenvalue weighted by Gasteiger charge is -2.29. The molecule has 2 aromatic rings. The van der Waals surface area contributed by atoms with Crippen LogP contribution in [0.4, 0.5) is 0 Å². The van der Waals surface area contributed by atoms with E-state index in [1.165, 1.54) is 0 Å². The van der Waals surface area contributed by atoms with Crippen molar-refractivity contribution in [3.05, 3.63) is 22.7 Å². The number of hydrogen-bond acceptors (Lipinski definition) is 6. The molecule has 0 aromatic carbocycles. The Morgan fingerprint density at radius 2 is 2.26 bits per heavy atom. The minimum atomic E-state index is 0.247. The fourth-order valence-corrected chi connectivity index (χ4v) is 2.58. The van der Waals surface area contributed by atoms with Crippen molar-refractivity contribution in [2.75, 3.05) is 13.1 Å². The average Bonchev–Trinajstić information content (AvgIpc) is 2.98. The topological polar surface area (TPSA) is 81.3 Å². The molecule has 6 nitrogen and oxygen atoms in total. The Bertz CT molecular complexity index is 553. The van der Waals surface area contributed by atoms with Gasteiger partial charge < -0.3 is 14.6 Å². The molecule has 0 spiro atoms. The Kier molecular flexibility index (Phi) is 3.67. The average molecular weight is 327 g/mol. The van der Waals surface area contributed by atoms with Crippen molar-refractivity contribution in [3.8, 4) is 11.7 Å². The van der Waals surface area contributed by atoms with E-state index in [4.69, 9.17) is 14.6 Å². The second kappa shape index (κ2) is 5.44. The van der Waals surface area contributed by atoms with Gasteiger partial charge >= 0.3 is 0 Å². The van der Waals surface area contributed by atoms with Crippen LogP contribution in [-0.4, -0.2) is 34.2 Å². The van der Waals surface area contributed by atoms with E-state index < -0.39 is 0 Å². The number of likely N-dealkylation sites (tertiary alicyclic amines) is 1. The van der Waals surface area contributed by atoms with Gasteiger partial charge in [-0.1, -0.05) is 0 Å². The predicted octanol–water partition coefficient (Wildman–Crippen LogP) is 2.02. The van der Waals surface area contributed by atoms with Crippen LogP contribution in [-0.2, 0) is 6.54 Å². The molecule has 1 unspecified atom stereocenters. The molecule has 1 saturated heterocycles. The second-order valence-electron chi connectivity index (χ2n) is 4.74. The van der Waals surface area contributed by atoms with Gasteiger partial charge in [0.05, 0.1) is 6.54 Å². The summed E-state index contributed by atoms with van der Waals surface area (Å²) in [4.78, 5) is 2.24. The summed E-state index contributed by atoms with van der Waals surface area (Å²) in [6, 6.07) is 3.83.